The maximum atomic E-state index is 12.3. The smallest absolute Gasteiger partial charge is 0.240 e. The highest BCUT2D eigenvalue weighted by atomic mass is 32.2. The van der Waals surface area contributed by atoms with Gasteiger partial charge >= 0.3 is 0 Å². The molecular formula is C15H25N3O2S. The third-order valence-corrected chi connectivity index (χ3v) is 5.42. The highest BCUT2D eigenvalue weighted by molar-refractivity contribution is 7.89. The zero-order chi connectivity index (χ0) is 15.5. The molecule has 2 N–H and O–H groups in total. The van der Waals surface area contributed by atoms with Crippen LogP contribution in [0.1, 0.15) is 25.8 Å². The Labute approximate surface area is 127 Å². The first kappa shape index (κ1) is 16.3. The molecule has 118 valence electrons. The summed E-state index contributed by atoms with van der Waals surface area (Å²) >= 11 is 0. The summed E-state index contributed by atoms with van der Waals surface area (Å²) in [5, 5.41) is 3.21. The summed E-state index contributed by atoms with van der Waals surface area (Å²) in [6, 6.07) is 5.79. The second-order valence-electron chi connectivity index (χ2n) is 5.82. The predicted octanol–water partition coefficient (Wildman–Crippen LogP) is 1.66. The highest BCUT2D eigenvalue weighted by Crippen LogP contribution is 2.25. The van der Waals surface area contributed by atoms with E-state index in [1.54, 1.807) is 12.1 Å². The molecule has 0 aromatic heterocycles. The van der Waals surface area contributed by atoms with E-state index in [1.165, 1.54) is 5.56 Å². The largest absolute Gasteiger partial charge is 0.384 e. The number of anilines is 1. The van der Waals surface area contributed by atoms with Gasteiger partial charge in [0.25, 0.3) is 0 Å². The van der Waals surface area contributed by atoms with E-state index in [0.717, 1.165) is 31.6 Å². The van der Waals surface area contributed by atoms with Crippen molar-refractivity contribution >= 4 is 15.7 Å². The Hall–Kier alpha value is -1.11. The molecule has 1 aromatic carbocycles. The predicted molar refractivity (Wildman–Crippen MR) is 86.2 cm³/mol. The first-order valence-corrected chi connectivity index (χ1v) is 8.95. The number of hydrogen-bond donors (Lipinski definition) is 2. The molecular weight excluding hydrogens is 286 g/mol. The Morgan fingerprint density at radius 1 is 1.38 bits per heavy atom. The lowest BCUT2D eigenvalue weighted by molar-refractivity contribution is 0.271. The molecule has 0 saturated heterocycles. The van der Waals surface area contributed by atoms with E-state index in [2.05, 4.69) is 28.8 Å². The number of benzene rings is 1. The van der Waals surface area contributed by atoms with Crippen LogP contribution in [0, 0.1) is 0 Å². The summed E-state index contributed by atoms with van der Waals surface area (Å²) in [6.45, 7) is 6.48. The molecule has 0 unspecified atom stereocenters. The lowest BCUT2D eigenvalue weighted by atomic mass is 10.2. The number of nitrogens with zero attached hydrogens (tertiary/aromatic N) is 1. The zero-order valence-electron chi connectivity index (χ0n) is 13.0. The van der Waals surface area contributed by atoms with Crippen molar-refractivity contribution in [1.29, 1.82) is 0 Å². The molecule has 5 nitrogen and oxygen atoms in total. The number of nitrogens with one attached hydrogen (secondary N) is 2. The van der Waals surface area contributed by atoms with Crippen molar-refractivity contribution in [2.45, 2.75) is 37.6 Å². The number of rotatable bonds is 7. The van der Waals surface area contributed by atoms with Gasteiger partial charge in [-0.25, -0.2) is 13.1 Å². The molecule has 1 heterocycles. The van der Waals surface area contributed by atoms with Crippen molar-refractivity contribution in [1.82, 2.24) is 9.62 Å². The summed E-state index contributed by atoms with van der Waals surface area (Å²) in [5.74, 6) is 0. The first-order valence-electron chi connectivity index (χ1n) is 7.47. The molecule has 2 rings (SSSR count). The summed E-state index contributed by atoms with van der Waals surface area (Å²) in [7, 11) is -1.36. The molecule has 0 spiro atoms. The van der Waals surface area contributed by atoms with Crippen LogP contribution in [-0.4, -0.2) is 46.0 Å². The van der Waals surface area contributed by atoms with Crippen LogP contribution in [0.2, 0.25) is 0 Å². The molecule has 0 saturated carbocycles. The summed E-state index contributed by atoms with van der Waals surface area (Å²) in [6.07, 6.45) is 1.77. The van der Waals surface area contributed by atoms with Crippen molar-refractivity contribution in [3.05, 3.63) is 23.8 Å². The van der Waals surface area contributed by atoms with Crippen molar-refractivity contribution in [3.63, 3.8) is 0 Å². The van der Waals surface area contributed by atoms with Crippen molar-refractivity contribution in [2.24, 2.45) is 0 Å². The zero-order valence-corrected chi connectivity index (χ0v) is 13.8. The fraction of sp³-hybridized carbons (Fsp3) is 0.600. The third-order valence-electron chi connectivity index (χ3n) is 3.96. The molecule has 0 atom stereocenters. The standard InChI is InChI=1S/C15H25N3O2S/c1-12(2)18(3)10-4-8-17-21(19,20)14-6-5-13-7-9-16-15(13)11-14/h5-6,11-12,16-17H,4,7-10H2,1-3H3. The topological polar surface area (TPSA) is 61.4 Å². The van der Waals surface area contributed by atoms with Crippen LogP contribution < -0.4 is 10.0 Å². The molecule has 1 aromatic rings. The molecule has 1 aliphatic heterocycles. The number of hydrogen-bond acceptors (Lipinski definition) is 4. The van der Waals surface area contributed by atoms with Crippen LogP contribution >= 0.6 is 0 Å². The Morgan fingerprint density at radius 3 is 2.86 bits per heavy atom. The van der Waals surface area contributed by atoms with Crippen molar-refractivity contribution < 1.29 is 8.42 Å². The van der Waals surface area contributed by atoms with E-state index < -0.39 is 10.0 Å². The van der Waals surface area contributed by atoms with Gasteiger partial charge in [-0.3, -0.25) is 0 Å². The van der Waals surface area contributed by atoms with Gasteiger partial charge in [0.05, 0.1) is 4.90 Å². The van der Waals surface area contributed by atoms with Gasteiger partial charge in [0.2, 0.25) is 10.0 Å². The monoisotopic (exact) mass is 311 g/mol. The Morgan fingerprint density at radius 2 is 2.14 bits per heavy atom. The minimum atomic E-state index is -3.41. The average Bonchev–Trinajstić information content (AvgIpc) is 2.90. The first-order chi connectivity index (χ1) is 9.90. The summed E-state index contributed by atoms with van der Waals surface area (Å²) in [5.41, 5.74) is 2.13. The van der Waals surface area contributed by atoms with Crippen molar-refractivity contribution in [3.8, 4) is 0 Å². The molecule has 0 radical (unpaired) electrons. The second-order valence-corrected chi connectivity index (χ2v) is 7.59. The van der Waals surface area contributed by atoms with E-state index >= 15 is 0 Å². The minimum absolute atomic E-state index is 0.341. The lowest BCUT2D eigenvalue weighted by Gasteiger charge is -2.20. The van der Waals surface area contributed by atoms with Gasteiger partial charge in [0.1, 0.15) is 0 Å². The third kappa shape index (κ3) is 4.18. The summed E-state index contributed by atoms with van der Waals surface area (Å²) in [4.78, 5) is 2.54. The fourth-order valence-electron chi connectivity index (χ4n) is 2.31. The van der Waals surface area contributed by atoms with Crippen LogP contribution in [0.5, 0.6) is 0 Å². The number of sulfonamides is 1. The maximum absolute atomic E-state index is 12.3. The van der Waals surface area contributed by atoms with Gasteiger partial charge in [0, 0.05) is 24.8 Å². The van der Waals surface area contributed by atoms with Crippen LogP contribution in [0.15, 0.2) is 23.1 Å². The van der Waals surface area contributed by atoms with E-state index in [4.69, 9.17) is 0 Å². The Balaban J connectivity index is 1.90. The molecule has 0 fully saturated rings. The van der Waals surface area contributed by atoms with Crippen molar-refractivity contribution in [2.75, 3.05) is 32.0 Å². The molecule has 0 bridgehead atoms. The quantitative estimate of drug-likeness (QED) is 0.752. The molecule has 1 aliphatic rings. The van der Waals surface area contributed by atoms with E-state index in [-0.39, 0.29) is 0 Å². The normalized spacial score (nSPS) is 14.5. The minimum Gasteiger partial charge on any atom is -0.384 e. The van der Waals surface area contributed by atoms with Gasteiger partial charge in [-0.05, 0) is 58.0 Å². The second kappa shape index (κ2) is 6.77. The molecule has 0 aliphatic carbocycles. The Bertz CT molecular complexity index is 585. The van der Waals surface area contributed by atoms with Gasteiger partial charge < -0.3 is 10.2 Å². The van der Waals surface area contributed by atoms with Crippen LogP contribution in [-0.2, 0) is 16.4 Å². The van der Waals surface area contributed by atoms with Crippen LogP contribution in [0.25, 0.3) is 0 Å². The van der Waals surface area contributed by atoms with Crippen LogP contribution in [0.4, 0.5) is 5.69 Å². The van der Waals surface area contributed by atoms with E-state index in [0.29, 0.717) is 17.5 Å². The molecule has 0 amide bonds. The number of fused-ring (bicyclic) bond motifs is 1. The SMILES string of the molecule is CC(C)N(C)CCCNS(=O)(=O)c1ccc2c(c1)NCC2. The van der Waals surface area contributed by atoms with Gasteiger partial charge in [-0.15, -0.1) is 0 Å². The van der Waals surface area contributed by atoms with E-state index in [1.807, 2.05) is 13.1 Å². The van der Waals surface area contributed by atoms with Gasteiger partial charge in [-0.2, -0.15) is 0 Å². The lowest BCUT2D eigenvalue weighted by Crippen LogP contribution is -2.31. The van der Waals surface area contributed by atoms with E-state index in [9.17, 15) is 8.42 Å². The summed E-state index contributed by atoms with van der Waals surface area (Å²) < 4.78 is 27.2. The van der Waals surface area contributed by atoms with Crippen LogP contribution in [0.3, 0.4) is 0 Å². The molecule has 21 heavy (non-hydrogen) atoms. The average molecular weight is 311 g/mol. The van der Waals surface area contributed by atoms with Gasteiger partial charge in [-0.1, -0.05) is 6.07 Å². The Kier molecular flexibility index (Phi) is 5.24. The van der Waals surface area contributed by atoms with Gasteiger partial charge in [0.15, 0.2) is 0 Å². The fourth-order valence-corrected chi connectivity index (χ4v) is 3.41. The highest BCUT2D eigenvalue weighted by Gasteiger charge is 2.17. The maximum Gasteiger partial charge on any atom is 0.240 e. The molecule has 6 heteroatoms.